The Labute approximate surface area is 138 Å². The van der Waals surface area contributed by atoms with Crippen molar-refractivity contribution in [2.24, 2.45) is 0 Å². The van der Waals surface area contributed by atoms with Crippen molar-refractivity contribution in [1.82, 2.24) is 5.32 Å². The molecule has 3 nitrogen and oxygen atoms in total. The van der Waals surface area contributed by atoms with Crippen LogP contribution in [0.1, 0.15) is 5.56 Å². The third kappa shape index (κ3) is 5.90. The Balaban J connectivity index is 1.66. The normalized spacial score (nSPS) is 10.4. The minimum absolute atomic E-state index is 0.134. The van der Waals surface area contributed by atoms with Gasteiger partial charge >= 0.3 is 0 Å². The molecule has 0 bridgehead atoms. The molecule has 2 rings (SSSR count). The van der Waals surface area contributed by atoms with E-state index in [4.69, 9.17) is 4.74 Å². The van der Waals surface area contributed by atoms with Crippen molar-refractivity contribution < 1.29 is 18.3 Å². The van der Waals surface area contributed by atoms with Crippen molar-refractivity contribution >= 4 is 17.7 Å². The molecule has 1 N–H and O–H groups in total. The van der Waals surface area contributed by atoms with Crippen LogP contribution in [0, 0.1) is 18.6 Å². The SMILES string of the molecule is Cc1cccc(OCCNC(=O)CSc2ccc(F)c(F)c2)c1. The summed E-state index contributed by atoms with van der Waals surface area (Å²) in [6.45, 7) is 2.72. The van der Waals surface area contributed by atoms with Gasteiger partial charge in [-0.25, -0.2) is 8.78 Å². The molecule has 0 saturated heterocycles. The van der Waals surface area contributed by atoms with Gasteiger partial charge in [-0.1, -0.05) is 12.1 Å². The Morgan fingerprint density at radius 2 is 2.00 bits per heavy atom. The van der Waals surface area contributed by atoms with Crippen LogP contribution in [0.15, 0.2) is 47.4 Å². The fourth-order valence-electron chi connectivity index (χ4n) is 1.83. The number of thioether (sulfide) groups is 1. The number of rotatable bonds is 7. The standard InChI is InChI=1S/C17H17F2NO2S/c1-12-3-2-4-13(9-12)22-8-7-20-17(21)11-23-14-5-6-15(18)16(19)10-14/h2-6,9-10H,7-8,11H2,1H3,(H,20,21). The number of aryl methyl sites for hydroxylation is 1. The first-order valence-electron chi connectivity index (χ1n) is 7.08. The molecule has 2 aromatic rings. The number of nitrogens with one attached hydrogen (secondary N) is 1. The third-order valence-electron chi connectivity index (χ3n) is 2.94. The van der Waals surface area contributed by atoms with Gasteiger partial charge in [0.15, 0.2) is 11.6 Å². The second-order valence-electron chi connectivity index (χ2n) is 4.88. The zero-order valence-electron chi connectivity index (χ0n) is 12.6. The van der Waals surface area contributed by atoms with Gasteiger partial charge in [0.05, 0.1) is 12.3 Å². The van der Waals surface area contributed by atoms with Crippen LogP contribution in [0.5, 0.6) is 5.75 Å². The minimum Gasteiger partial charge on any atom is -0.492 e. The number of carbonyl (C=O) groups is 1. The highest BCUT2D eigenvalue weighted by molar-refractivity contribution is 8.00. The Morgan fingerprint density at radius 1 is 1.17 bits per heavy atom. The molecular formula is C17H17F2NO2S. The van der Waals surface area contributed by atoms with Crippen LogP contribution >= 0.6 is 11.8 Å². The predicted octanol–water partition coefficient (Wildman–Crippen LogP) is 3.56. The number of benzene rings is 2. The molecule has 0 saturated carbocycles. The second kappa shape index (κ2) is 8.53. The first-order chi connectivity index (χ1) is 11.0. The molecule has 6 heteroatoms. The zero-order valence-corrected chi connectivity index (χ0v) is 13.5. The Kier molecular flexibility index (Phi) is 6.40. The van der Waals surface area contributed by atoms with Gasteiger partial charge in [0.25, 0.3) is 0 Å². The molecule has 0 heterocycles. The summed E-state index contributed by atoms with van der Waals surface area (Å²) in [7, 11) is 0. The summed E-state index contributed by atoms with van der Waals surface area (Å²) < 4.78 is 31.3. The molecule has 0 spiro atoms. The van der Waals surface area contributed by atoms with Gasteiger partial charge < -0.3 is 10.1 Å². The van der Waals surface area contributed by atoms with E-state index in [0.29, 0.717) is 18.0 Å². The highest BCUT2D eigenvalue weighted by atomic mass is 32.2. The fourth-order valence-corrected chi connectivity index (χ4v) is 2.58. The van der Waals surface area contributed by atoms with E-state index in [9.17, 15) is 13.6 Å². The van der Waals surface area contributed by atoms with Gasteiger partial charge in [-0.15, -0.1) is 11.8 Å². The summed E-state index contributed by atoms with van der Waals surface area (Å²) in [5.74, 6) is -1.10. The van der Waals surface area contributed by atoms with E-state index >= 15 is 0 Å². The first-order valence-corrected chi connectivity index (χ1v) is 8.07. The van der Waals surface area contributed by atoms with Crippen molar-refractivity contribution in [3.8, 4) is 5.75 Å². The Bertz CT molecular complexity index is 679. The topological polar surface area (TPSA) is 38.3 Å². The van der Waals surface area contributed by atoms with Gasteiger partial charge in [0.2, 0.25) is 5.91 Å². The maximum atomic E-state index is 13.0. The van der Waals surface area contributed by atoms with E-state index in [1.165, 1.54) is 6.07 Å². The molecule has 23 heavy (non-hydrogen) atoms. The maximum absolute atomic E-state index is 13.0. The predicted molar refractivity (Wildman–Crippen MR) is 86.8 cm³/mol. The van der Waals surface area contributed by atoms with E-state index in [0.717, 1.165) is 35.2 Å². The molecule has 0 fully saturated rings. The van der Waals surface area contributed by atoms with Crippen molar-refractivity contribution in [3.63, 3.8) is 0 Å². The van der Waals surface area contributed by atoms with Gasteiger partial charge in [0, 0.05) is 4.90 Å². The van der Waals surface area contributed by atoms with Crippen LogP contribution in [0.25, 0.3) is 0 Å². The minimum atomic E-state index is -0.915. The molecule has 0 aliphatic rings. The summed E-state index contributed by atoms with van der Waals surface area (Å²) in [4.78, 5) is 12.2. The maximum Gasteiger partial charge on any atom is 0.230 e. The van der Waals surface area contributed by atoms with E-state index in [1.54, 1.807) is 0 Å². The van der Waals surface area contributed by atoms with Gasteiger partial charge in [0.1, 0.15) is 12.4 Å². The Hall–Kier alpha value is -2.08. The fraction of sp³-hybridized carbons (Fsp3) is 0.235. The van der Waals surface area contributed by atoms with Crippen LogP contribution in [0.2, 0.25) is 0 Å². The van der Waals surface area contributed by atoms with Gasteiger partial charge in [-0.2, -0.15) is 0 Å². The summed E-state index contributed by atoms with van der Waals surface area (Å²) in [5, 5.41) is 2.71. The summed E-state index contributed by atoms with van der Waals surface area (Å²) >= 11 is 1.15. The van der Waals surface area contributed by atoms with Crippen LogP contribution in [0.3, 0.4) is 0 Å². The average molecular weight is 337 g/mol. The summed E-state index contributed by atoms with van der Waals surface area (Å²) in [5.41, 5.74) is 1.11. The molecular weight excluding hydrogens is 320 g/mol. The lowest BCUT2D eigenvalue weighted by atomic mass is 10.2. The highest BCUT2D eigenvalue weighted by Gasteiger charge is 2.06. The lowest BCUT2D eigenvalue weighted by Crippen LogP contribution is -2.29. The lowest BCUT2D eigenvalue weighted by Gasteiger charge is -2.08. The monoisotopic (exact) mass is 337 g/mol. The lowest BCUT2D eigenvalue weighted by molar-refractivity contribution is -0.118. The van der Waals surface area contributed by atoms with Gasteiger partial charge in [-0.05, 0) is 42.8 Å². The van der Waals surface area contributed by atoms with Crippen molar-refractivity contribution in [2.75, 3.05) is 18.9 Å². The molecule has 0 radical (unpaired) electrons. The Morgan fingerprint density at radius 3 is 2.74 bits per heavy atom. The molecule has 0 unspecified atom stereocenters. The number of hydrogen-bond acceptors (Lipinski definition) is 3. The van der Waals surface area contributed by atoms with Crippen LogP contribution in [0.4, 0.5) is 8.78 Å². The summed E-state index contributed by atoms with van der Waals surface area (Å²) in [6, 6.07) is 11.2. The van der Waals surface area contributed by atoms with E-state index in [2.05, 4.69) is 5.32 Å². The highest BCUT2D eigenvalue weighted by Crippen LogP contribution is 2.20. The van der Waals surface area contributed by atoms with Crippen molar-refractivity contribution in [3.05, 3.63) is 59.7 Å². The molecule has 1 amide bonds. The molecule has 0 aliphatic carbocycles. The quantitative estimate of drug-likeness (QED) is 0.620. The molecule has 0 atom stereocenters. The third-order valence-corrected chi connectivity index (χ3v) is 3.94. The van der Waals surface area contributed by atoms with E-state index in [1.807, 2.05) is 31.2 Å². The second-order valence-corrected chi connectivity index (χ2v) is 5.93. The van der Waals surface area contributed by atoms with Crippen molar-refractivity contribution in [2.45, 2.75) is 11.8 Å². The average Bonchev–Trinajstić information content (AvgIpc) is 2.53. The number of halogens is 2. The number of amides is 1. The molecule has 2 aromatic carbocycles. The van der Waals surface area contributed by atoms with Gasteiger partial charge in [-0.3, -0.25) is 4.79 Å². The molecule has 0 aromatic heterocycles. The van der Waals surface area contributed by atoms with Crippen LogP contribution in [-0.4, -0.2) is 24.8 Å². The van der Waals surface area contributed by atoms with E-state index in [-0.39, 0.29) is 11.7 Å². The molecule has 122 valence electrons. The number of ether oxygens (including phenoxy) is 1. The van der Waals surface area contributed by atoms with Crippen molar-refractivity contribution in [1.29, 1.82) is 0 Å². The van der Waals surface area contributed by atoms with Crippen LogP contribution < -0.4 is 10.1 Å². The number of hydrogen-bond donors (Lipinski definition) is 1. The van der Waals surface area contributed by atoms with E-state index < -0.39 is 11.6 Å². The smallest absolute Gasteiger partial charge is 0.230 e. The van der Waals surface area contributed by atoms with Crippen LogP contribution in [-0.2, 0) is 4.79 Å². The largest absolute Gasteiger partial charge is 0.492 e. The first kappa shape index (κ1) is 17.3. The molecule has 0 aliphatic heterocycles. The summed E-state index contributed by atoms with van der Waals surface area (Å²) in [6.07, 6.45) is 0. The number of carbonyl (C=O) groups excluding carboxylic acids is 1. The zero-order chi connectivity index (χ0) is 16.7.